The van der Waals surface area contributed by atoms with Gasteiger partial charge in [-0.2, -0.15) is 0 Å². The first-order valence-electron chi connectivity index (χ1n) is 3.49. The van der Waals surface area contributed by atoms with Crippen LogP contribution in [0.5, 0.6) is 5.75 Å². The quantitative estimate of drug-likeness (QED) is 0.773. The van der Waals surface area contributed by atoms with Crippen LogP contribution >= 0.6 is 0 Å². The minimum Gasteiger partial charge on any atom is -0.494 e. The van der Waals surface area contributed by atoms with E-state index in [-0.39, 0.29) is 0 Å². The van der Waals surface area contributed by atoms with Crippen molar-refractivity contribution in [3.8, 4) is 5.75 Å². The standard InChI is InChI=1S/C7H10N2O3S/c1-12-7-3-4-8-5-6(7)9-13(2,10)11/h3-5,9H,1-2H3. The molecule has 0 amide bonds. The average molecular weight is 202 g/mol. The van der Waals surface area contributed by atoms with Gasteiger partial charge >= 0.3 is 0 Å². The van der Waals surface area contributed by atoms with Gasteiger partial charge < -0.3 is 4.74 Å². The van der Waals surface area contributed by atoms with Crippen molar-refractivity contribution in [2.45, 2.75) is 0 Å². The fraction of sp³-hybridized carbons (Fsp3) is 0.286. The van der Waals surface area contributed by atoms with Crippen LogP contribution in [0.4, 0.5) is 5.69 Å². The Bertz CT molecular complexity index is 388. The molecule has 72 valence electrons. The number of aromatic nitrogens is 1. The van der Waals surface area contributed by atoms with Crippen LogP contribution in [-0.2, 0) is 10.0 Å². The van der Waals surface area contributed by atoms with Crippen LogP contribution in [0.15, 0.2) is 18.5 Å². The summed E-state index contributed by atoms with van der Waals surface area (Å²) in [6.07, 6.45) is 3.98. The summed E-state index contributed by atoms with van der Waals surface area (Å²) in [5, 5.41) is 0. The molecule has 6 heteroatoms. The monoisotopic (exact) mass is 202 g/mol. The largest absolute Gasteiger partial charge is 0.494 e. The van der Waals surface area contributed by atoms with Crippen LogP contribution in [0.1, 0.15) is 0 Å². The molecule has 0 saturated carbocycles. The molecule has 1 aromatic heterocycles. The second kappa shape index (κ2) is 3.61. The highest BCUT2D eigenvalue weighted by molar-refractivity contribution is 7.92. The van der Waals surface area contributed by atoms with Crippen LogP contribution in [-0.4, -0.2) is 26.8 Å². The maximum absolute atomic E-state index is 10.9. The molecule has 1 rings (SSSR count). The van der Waals surface area contributed by atoms with E-state index < -0.39 is 10.0 Å². The topological polar surface area (TPSA) is 68.3 Å². The van der Waals surface area contributed by atoms with Crippen molar-refractivity contribution in [3.05, 3.63) is 18.5 Å². The lowest BCUT2D eigenvalue weighted by molar-refractivity contribution is 0.416. The van der Waals surface area contributed by atoms with Gasteiger partial charge in [-0.3, -0.25) is 9.71 Å². The van der Waals surface area contributed by atoms with Crippen LogP contribution < -0.4 is 9.46 Å². The van der Waals surface area contributed by atoms with Gasteiger partial charge in [0.05, 0.1) is 19.6 Å². The van der Waals surface area contributed by atoms with Crippen molar-refractivity contribution in [1.29, 1.82) is 0 Å². The molecule has 0 aliphatic carbocycles. The van der Waals surface area contributed by atoms with Gasteiger partial charge in [0.25, 0.3) is 0 Å². The third-order valence-corrected chi connectivity index (χ3v) is 1.89. The molecule has 1 N–H and O–H groups in total. The number of nitrogens with one attached hydrogen (secondary N) is 1. The Kier molecular flexibility index (Phi) is 2.72. The zero-order valence-electron chi connectivity index (χ0n) is 7.31. The minimum absolute atomic E-state index is 0.340. The third-order valence-electron chi connectivity index (χ3n) is 1.30. The van der Waals surface area contributed by atoms with Crippen LogP contribution in [0.25, 0.3) is 0 Å². The number of pyridine rings is 1. The van der Waals surface area contributed by atoms with Gasteiger partial charge in [-0.1, -0.05) is 0 Å². The number of rotatable bonds is 3. The van der Waals surface area contributed by atoms with E-state index in [1.165, 1.54) is 19.5 Å². The van der Waals surface area contributed by atoms with E-state index >= 15 is 0 Å². The van der Waals surface area contributed by atoms with Gasteiger partial charge in [-0.25, -0.2) is 8.42 Å². The summed E-state index contributed by atoms with van der Waals surface area (Å²) >= 11 is 0. The normalized spacial score (nSPS) is 10.9. The lowest BCUT2D eigenvalue weighted by atomic mass is 10.4. The van der Waals surface area contributed by atoms with Crippen LogP contribution in [0.2, 0.25) is 0 Å². The third kappa shape index (κ3) is 2.90. The van der Waals surface area contributed by atoms with Gasteiger partial charge in [-0.15, -0.1) is 0 Å². The van der Waals surface area contributed by atoms with Crippen molar-refractivity contribution in [3.63, 3.8) is 0 Å². The van der Waals surface area contributed by atoms with E-state index in [1.807, 2.05) is 0 Å². The van der Waals surface area contributed by atoms with E-state index in [1.54, 1.807) is 6.07 Å². The number of ether oxygens (including phenoxy) is 1. The number of hydrogen-bond acceptors (Lipinski definition) is 4. The molecule has 1 aromatic rings. The van der Waals surface area contributed by atoms with Crippen molar-refractivity contribution < 1.29 is 13.2 Å². The maximum atomic E-state index is 10.9. The number of hydrogen-bond donors (Lipinski definition) is 1. The molecule has 0 aromatic carbocycles. The molecule has 0 bridgehead atoms. The minimum atomic E-state index is -3.28. The van der Waals surface area contributed by atoms with E-state index in [0.29, 0.717) is 11.4 Å². The molecule has 0 saturated heterocycles. The molecule has 1 heterocycles. The molecule has 0 unspecified atom stereocenters. The number of nitrogens with zero attached hydrogens (tertiary/aromatic N) is 1. The van der Waals surface area contributed by atoms with Crippen molar-refractivity contribution >= 4 is 15.7 Å². The molecule has 0 aliphatic heterocycles. The van der Waals surface area contributed by atoms with Gasteiger partial charge in [0.2, 0.25) is 10.0 Å². The number of anilines is 1. The van der Waals surface area contributed by atoms with E-state index in [0.717, 1.165) is 6.26 Å². The van der Waals surface area contributed by atoms with Gasteiger partial charge in [0.1, 0.15) is 11.4 Å². The Morgan fingerprint density at radius 1 is 1.54 bits per heavy atom. The summed E-state index contributed by atoms with van der Waals surface area (Å²) in [6, 6.07) is 1.58. The zero-order valence-corrected chi connectivity index (χ0v) is 8.13. The summed E-state index contributed by atoms with van der Waals surface area (Å²) in [5.74, 6) is 0.445. The number of sulfonamides is 1. The van der Waals surface area contributed by atoms with Crippen molar-refractivity contribution in [2.75, 3.05) is 18.1 Å². The predicted octanol–water partition coefficient (Wildman–Crippen LogP) is 0.462. The summed E-state index contributed by atoms with van der Waals surface area (Å²) in [4.78, 5) is 3.77. The average Bonchev–Trinajstić information content (AvgIpc) is 2.02. The SMILES string of the molecule is COc1ccncc1NS(C)(=O)=O. The Hall–Kier alpha value is -1.30. The smallest absolute Gasteiger partial charge is 0.229 e. The van der Waals surface area contributed by atoms with Crippen molar-refractivity contribution in [2.24, 2.45) is 0 Å². The molecule has 0 spiro atoms. The highest BCUT2D eigenvalue weighted by atomic mass is 32.2. The number of methoxy groups -OCH3 is 1. The molecule has 5 nitrogen and oxygen atoms in total. The fourth-order valence-corrected chi connectivity index (χ4v) is 1.39. The molecule has 0 aliphatic rings. The summed E-state index contributed by atoms with van der Waals surface area (Å²) in [5.41, 5.74) is 0.340. The van der Waals surface area contributed by atoms with E-state index in [4.69, 9.17) is 4.74 Å². The Balaban J connectivity index is 3.01. The lowest BCUT2D eigenvalue weighted by Crippen LogP contribution is -2.10. The molecule has 0 fully saturated rings. The Morgan fingerprint density at radius 3 is 2.77 bits per heavy atom. The Labute approximate surface area is 76.8 Å². The van der Waals surface area contributed by atoms with Gasteiger partial charge in [-0.05, 0) is 0 Å². The second-order valence-electron chi connectivity index (χ2n) is 2.45. The molecular formula is C7H10N2O3S. The molecule has 13 heavy (non-hydrogen) atoms. The highest BCUT2D eigenvalue weighted by Gasteiger charge is 2.06. The molecular weight excluding hydrogens is 192 g/mol. The lowest BCUT2D eigenvalue weighted by Gasteiger charge is -2.07. The van der Waals surface area contributed by atoms with Crippen molar-refractivity contribution in [1.82, 2.24) is 4.98 Å². The fourth-order valence-electron chi connectivity index (χ4n) is 0.836. The second-order valence-corrected chi connectivity index (χ2v) is 4.20. The van der Waals surface area contributed by atoms with Crippen LogP contribution in [0.3, 0.4) is 0 Å². The highest BCUT2D eigenvalue weighted by Crippen LogP contribution is 2.22. The summed E-state index contributed by atoms with van der Waals surface area (Å²) < 4.78 is 29.0. The zero-order chi connectivity index (χ0) is 9.90. The Morgan fingerprint density at radius 2 is 2.23 bits per heavy atom. The first-order valence-corrected chi connectivity index (χ1v) is 5.38. The molecule has 0 atom stereocenters. The van der Waals surface area contributed by atoms with E-state index in [9.17, 15) is 8.42 Å². The van der Waals surface area contributed by atoms with Crippen LogP contribution in [0, 0.1) is 0 Å². The van der Waals surface area contributed by atoms with Gasteiger partial charge in [0.15, 0.2) is 0 Å². The summed E-state index contributed by atoms with van der Waals surface area (Å²) in [7, 11) is -1.82. The predicted molar refractivity (Wildman–Crippen MR) is 49.3 cm³/mol. The van der Waals surface area contributed by atoms with Gasteiger partial charge in [0, 0.05) is 12.3 Å². The first-order chi connectivity index (χ1) is 6.03. The molecule has 0 radical (unpaired) electrons. The maximum Gasteiger partial charge on any atom is 0.229 e. The summed E-state index contributed by atoms with van der Waals surface area (Å²) in [6.45, 7) is 0. The first kappa shape index (κ1) is 9.79. The van der Waals surface area contributed by atoms with E-state index in [2.05, 4.69) is 9.71 Å².